The van der Waals surface area contributed by atoms with Gasteiger partial charge in [-0.3, -0.25) is 4.79 Å². The molecule has 11 nitrogen and oxygen atoms in total. The normalized spacial score (nSPS) is 13.8. The van der Waals surface area contributed by atoms with Crippen molar-refractivity contribution >= 4 is 51.7 Å². The van der Waals surface area contributed by atoms with E-state index in [1.165, 1.54) is 5.01 Å². The number of aromatic nitrogens is 1. The molecular weight excluding hydrogens is 730 g/mol. The fourth-order valence-corrected chi connectivity index (χ4v) is 5.22. The third-order valence-electron chi connectivity index (χ3n) is 7.70. The molecule has 261 valence electrons. The Morgan fingerprint density at radius 2 is 1.68 bits per heavy atom. The number of rotatable bonds is 17. The Bertz CT molecular complexity index is 1820. The molecule has 0 unspecified atom stereocenters. The quantitative estimate of drug-likeness (QED) is 0.0511. The van der Waals surface area contributed by atoms with Crippen molar-refractivity contribution in [2.75, 3.05) is 68.4 Å². The van der Waals surface area contributed by atoms with Gasteiger partial charge in [0.05, 0.1) is 67.8 Å². The Hall–Kier alpha value is -3.92. The molecule has 0 fully saturated rings. The number of hydrogen-bond acceptors (Lipinski definition) is 8. The maximum absolute atomic E-state index is 13.7. The van der Waals surface area contributed by atoms with Crippen LogP contribution in [0.4, 0.5) is 47.3 Å². The smallest absolute Gasteiger partial charge is 0.416 e. The van der Waals surface area contributed by atoms with Crippen LogP contribution in [0.2, 0.25) is 0 Å². The fourth-order valence-electron chi connectivity index (χ4n) is 5.22. The van der Waals surface area contributed by atoms with Crippen molar-refractivity contribution in [1.82, 2.24) is 4.98 Å². The number of anilines is 5. The number of nitrogens with zero attached hydrogens (tertiary/aromatic N) is 2. The molecule has 50 heavy (non-hydrogen) atoms. The van der Waals surface area contributed by atoms with Gasteiger partial charge in [0, 0.05) is 68.1 Å². The molecule has 1 amide bonds. The van der Waals surface area contributed by atoms with Gasteiger partial charge in [-0.25, -0.2) is 0 Å². The van der Waals surface area contributed by atoms with E-state index in [4.69, 9.17) is 24.7 Å². The van der Waals surface area contributed by atoms with Crippen molar-refractivity contribution in [1.29, 1.82) is 0 Å². The first-order chi connectivity index (χ1) is 23.7. The average molecular weight is 767 g/mol. The van der Waals surface area contributed by atoms with E-state index in [0.717, 1.165) is 40.3 Å². The molecule has 5 N–H and O–H groups in total. The summed E-state index contributed by atoms with van der Waals surface area (Å²) in [5, 5.41) is 7.72. The van der Waals surface area contributed by atoms with Crippen LogP contribution in [0.3, 0.4) is 0 Å². The molecule has 6 rings (SSSR count). The number of halogens is 3. The standard InChI is InChI=1S/C35H36F3N6O5.Y/c1-22-4-5-26(21-29(22)41-25-6-7-27-28(19-24-3-2-9-40-24)34(45)42-30(27)20-25)43-44-31-17-23(35(36,37)38)18-32(33(31)44)49-16-15-48-14-13-47-12-11-46-10-8-39;/h2-7,9,17-21,41H,8,10-16,39H2,1H3,(H2,40,42,45);/q-1;. The number of alkyl halides is 3. The van der Waals surface area contributed by atoms with Crippen LogP contribution >= 0.6 is 0 Å². The van der Waals surface area contributed by atoms with Crippen LogP contribution in [0.25, 0.3) is 17.1 Å². The van der Waals surface area contributed by atoms with Crippen LogP contribution in [0, 0.1) is 6.92 Å². The second-order valence-corrected chi connectivity index (χ2v) is 11.2. The number of carbonyl (C=O) groups excluding carboxylic acids is 1. The molecule has 0 saturated carbocycles. The number of carbonyl (C=O) groups is 1. The summed E-state index contributed by atoms with van der Waals surface area (Å²) < 4.78 is 62.9. The third-order valence-corrected chi connectivity index (χ3v) is 7.70. The molecule has 3 aromatic carbocycles. The first kappa shape index (κ1) is 37.3. The zero-order chi connectivity index (χ0) is 34.4. The second-order valence-electron chi connectivity index (χ2n) is 11.2. The number of nitrogens with one attached hydrogen (secondary N) is 3. The Morgan fingerprint density at radius 3 is 2.38 bits per heavy atom. The van der Waals surface area contributed by atoms with Crippen LogP contribution in [-0.4, -0.2) is 63.7 Å². The van der Waals surface area contributed by atoms with Gasteiger partial charge < -0.3 is 50.7 Å². The molecule has 0 bridgehead atoms. The number of nitrogens with two attached hydrogens (primary N) is 1. The SMILES string of the molecule is Cc1ccc([N-]N2c3cc(C(F)(F)F)cc(OCCOCCOCCOCCN)c32)cc1Nc1ccc2c(c1)NC(=O)/C2=C\c1ccc[nH]1.[Y]. The van der Waals surface area contributed by atoms with Crippen LogP contribution < -0.4 is 26.1 Å². The van der Waals surface area contributed by atoms with Gasteiger partial charge in [-0.2, -0.15) is 13.2 Å². The van der Waals surface area contributed by atoms with E-state index in [0.29, 0.717) is 67.9 Å². The summed E-state index contributed by atoms with van der Waals surface area (Å²) in [5.74, 6) is -0.118. The third kappa shape index (κ3) is 9.24. The molecule has 0 atom stereocenters. The molecule has 2 aliphatic rings. The summed E-state index contributed by atoms with van der Waals surface area (Å²) >= 11 is 0. The summed E-state index contributed by atoms with van der Waals surface area (Å²) in [7, 11) is 0. The zero-order valence-electron chi connectivity index (χ0n) is 27.3. The number of aromatic amines is 1. The first-order valence-electron chi connectivity index (χ1n) is 15.7. The number of aryl methyl sites for hydroxylation is 1. The van der Waals surface area contributed by atoms with E-state index < -0.39 is 11.7 Å². The van der Waals surface area contributed by atoms with Crippen LogP contribution in [0.5, 0.6) is 5.75 Å². The fraction of sp³-hybridized carbons (Fsp3) is 0.286. The predicted octanol–water partition coefficient (Wildman–Crippen LogP) is 7.03. The molecule has 15 heteroatoms. The molecule has 0 aliphatic carbocycles. The summed E-state index contributed by atoms with van der Waals surface area (Å²) in [6.45, 7) is 4.56. The molecule has 4 aromatic rings. The number of H-pyrrole nitrogens is 1. The number of fused-ring (bicyclic) bond motifs is 2. The van der Waals surface area contributed by atoms with Crippen molar-refractivity contribution in [2.45, 2.75) is 13.1 Å². The molecule has 2 aliphatic heterocycles. The van der Waals surface area contributed by atoms with Gasteiger partial charge in [0.15, 0.2) is 0 Å². The molecule has 1 aromatic heterocycles. The number of benzene rings is 3. The largest absolute Gasteiger partial charge is 0.590 e. The maximum Gasteiger partial charge on any atom is 0.416 e. The van der Waals surface area contributed by atoms with Crippen molar-refractivity contribution in [3.8, 4) is 5.75 Å². The van der Waals surface area contributed by atoms with Gasteiger partial charge in [0.25, 0.3) is 5.91 Å². The van der Waals surface area contributed by atoms with Gasteiger partial charge >= 0.3 is 6.18 Å². The van der Waals surface area contributed by atoms with Gasteiger partial charge in [0.1, 0.15) is 12.4 Å². The Morgan fingerprint density at radius 1 is 0.940 bits per heavy atom. The summed E-state index contributed by atoms with van der Waals surface area (Å²) in [6, 6.07) is 16.8. The topological polar surface area (TPSA) is 137 Å². The monoisotopic (exact) mass is 766 g/mol. The van der Waals surface area contributed by atoms with Gasteiger partial charge in [-0.15, -0.1) is 5.69 Å². The van der Waals surface area contributed by atoms with Gasteiger partial charge in [-0.05, 0) is 55.0 Å². The number of hydrogen-bond donors (Lipinski definition) is 4. The second kappa shape index (κ2) is 16.9. The summed E-state index contributed by atoms with van der Waals surface area (Å²) in [6.07, 6.45) is -0.961. The maximum atomic E-state index is 13.7. The van der Waals surface area contributed by atoms with Gasteiger partial charge in [0.2, 0.25) is 0 Å². The molecule has 3 heterocycles. The van der Waals surface area contributed by atoms with E-state index in [2.05, 4.69) is 21.0 Å². The van der Waals surface area contributed by atoms with E-state index in [-0.39, 0.29) is 57.6 Å². The van der Waals surface area contributed by atoms with Crippen molar-refractivity contribution < 1.29 is 69.6 Å². The first-order valence-corrected chi connectivity index (χ1v) is 15.7. The minimum absolute atomic E-state index is 0. The van der Waals surface area contributed by atoms with Crippen molar-refractivity contribution in [3.05, 3.63) is 94.7 Å². The van der Waals surface area contributed by atoms with E-state index >= 15 is 0 Å². The molecule has 0 spiro atoms. The molecular formula is C35H36F3N6O5Y-. The Balaban J connectivity index is 0.00000486. The minimum atomic E-state index is -4.56. The molecule has 1 radical (unpaired) electrons. The van der Waals surface area contributed by atoms with Crippen molar-refractivity contribution in [3.63, 3.8) is 0 Å². The predicted molar refractivity (Wildman–Crippen MR) is 182 cm³/mol. The van der Waals surface area contributed by atoms with E-state index in [9.17, 15) is 18.0 Å². The van der Waals surface area contributed by atoms with Crippen molar-refractivity contribution in [2.24, 2.45) is 5.73 Å². The Kier molecular flexibility index (Phi) is 12.6. The van der Waals surface area contributed by atoms with E-state index in [1.54, 1.807) is 18.3 Å². The van der Waals surface area contributed by atoms with Gasteiger partial charge in [-0.1, -0.05) is 24.3 Å². The zero-order valence-corrected chi connectivity index (χ0v) is 30.1. The summed E-state index contributed by atoms with van der Waals surface area (Å²) in [5.41, 5.74) is 15.7. The van der Waals surface area contributed by atoms with Crippen LogP contribution in [0.15, 0.2) is 66.9 Å². The number of ether oxygens (including phenoxy) is 4. The molecule has 0 saturated heterocycles. The minimum Gasteiger partial charge on any atom is -0.590 e. The van der Waals surface area contributed by atoms with Crippen LogP contribution in [-0.2, 0) is 57.9 Å². The average Bonchev–Trinajstić information content (AvgIpc) is 3.35. The van der Waals surface area contributed by atoms with E-state index in [1.807, 2.05) is 49.4 Å². The number of amides is 1. The van der Waals surface area contributed by atoms with Crippen LogP contribution in [0.1, 0.15) is 22.4 Å². The summed E-state index contributed by atoms with van der Waals surface area (Å²) in [4.78, 5) is 15.7. The Labute approximate surface area is 312 Å².